The van der Waals surface area contributed by atoms with Crippen molar-refractivity contribution in [3.63, 3.8) is 0 Å². The molecular formula is C21H30O4. The molecule has 0 aromatic carbocycles. The van der Waals surface area contributed by atoms with Crippen molar-refractivity contribution in [3.8, 4) is 0 Å². The number of allylic oxidation sites excluding steroid dienone is 1. The van der Waals surface area contributed by atoms with Gasteiger partial charge in [0, 0.05) is 12.3 Å². The van der Waals surface area contributed by atoms with Gasteiger partial charge in [0.15, 0.2) is 0 Å². The smallest absolute Gasteiger partial charge is 0.303 e. The first-order valence-electron chi connectivity index (χ1n) is 9.72. The second kappa shape index (κ2) is 5.68. The third-order valence-corrected chi connectivity index (χ3v) is 7.76. The summed E-state index contributed by atoms with van der Waals surface area (Å²) in [5.41, 5.74) is 2.49. The Kier molecular flexibility index (Phi) is 3.93. The molecule has 7 atom stereocenters. The molecule has 4 aliphatic carbocycles. The maximum Gasteiger partial charge on any atom is 0.303 e. The minimum Gasteiger partial charge on any atom is -0.458 e. The average molecular weight is 346 g/mol. The van der Waals surface area contributed by atoms with Gasteiger partial charge in [-0.2, -0.15) is 0 Å². The van der Waals surface area contributed by atoms with Gasteiger partial charge in [0.25, 0.3) is 0 Å². The highest BCUT2D eigenvalue weighted by Gasteiger charge is 2.57. The Hall–Kier alpha value is -1.13. The summed E-state index contributed by atoms with van der Waals surface area (Å²) in [5, 5.41) is 20.7. The van der Waals surface area contributed by atoms with Crippen LogP contribution in [0.3, 0.4) is 0 Å². The van der Waals surface area contributed by atoms with Gasteiger partial charge in [0.2, 0.25) is 0 Å². The first kappa shape index (κ1) is 17.3. The quantitative estimate of drug-likeness (QED) is 0.565. The number of carbonyl (C=O) groups excluding carboxylic acids is 1. The van der Waals surface area contributed by atoms with E-state index in [-0.39, 0.29) is 29.0 Å². The van der Waals surface area contributed by atoms with Gasteiger partial charge in [-0.25, -0.2) is 0 Å². The summed E-state index contributed by atoms with van der Waals surface area (Å²) < 4.78 is 5.79. The molecule has 0 amide bonds. The second-order valence-electron chi connectivity index (χ2n) is 9.06. The predicted octanol–water partition coefficient (Wildman–Crippen LogP) is 3.13. The van der Waals surface area contributed by atoms with E-state index in [9.17, 15) is 15.0 Å². The summed E-state index contributed by atoms with van der Waals surface area (Å²) in [6.45, 7) is 5.97. The zero-order chi connectivity index (χ0) is 18.0. The van der Waals surface area contributed by atoms with Gasteiger partial charge in [-0.3, -0.25) is 4.79 Å². The van der Waals surface area contributed by atoms with Crippen molar-refractivity contribution >= 4 is 5.97 Å². The van der Waals surface area contributed by atoms with Crippen LogP contribution in [0.25, 0.3) is 0 Å². The molecule has 1 unspecified atom stereocenters. The number of fused-ring (bicyclic) bond motifs is 4. The van der Waals surface area contributed by atoms with Crippen molar-refractivity contribution < 1.29 is 19.7 Å². The molecule has 0 spiro atoms. The maximum absolute atomic E-state index is 11.8. The Labute approximate surface area is 149 Å². The van der Waals surface area contributed by atoms with E-state index in [1.54, 1.807) is 0 Å². The van der Waals surface area contributed by atoms with Gasteiger partial charge < -0.3 is 14.9 Å². The molecule has 2 N–H and O–H groups in total. The Morgan fingerprint density at radius 3 is 2.72 bits per heavy atom. The minimum absolute atomic E-state index is 0.00703. The van der Waals surface area contributed by atoms with Gasteiger partial charge in [-0.05, 0) is 61.3 Å². The summed E-state index contributed by atoms with van der Waals surface area (Å²) in [4.78, 5) is 11.8. The molecule has 4 heteroatoms. The van der Waals surface area contributed by atoms with Crippen LogP contribution < -0.4 is 0 Å². The van der Waals surface area contributed by atoms with Gasteiger partial charge in [-0.1, -0.05) is 31.6 Å². The molecule has 4 nitrogen and oxygen atoms in total. The lowest BCUT2D eigenvalue weighted by atomic mass is 9.50. The van der Waals surface area contributed by atoms with E-state index in [1.165, 1.54) is 18.1 Å². The van der Waals surface area contributed by atoms with Crippen molar-refractivity contribution in [3.05, 3.63) is 23.3 Å². The Morgan fingerprint density at radius 2 is 2.00 bits per heavy atom. The summed E-state index contributed by atoms with van der Waals surface area (Å²) in [5.74, 6) is 0.424. The highest BCUT2D eigenvalue weighted by molar-refractivity contribution is 5.66. The number of aliphatic hydroxyl groups is 2. The highest BCUT2D eigenvalue weighted by Crippen LogP contribution is 2.62. The second-order valence-corrected chi connectivity index (χ2v) is 9.06. The lowest BCUT2D eigenvalue weighted by molar-refractivity contribution is -0.148. The lowest BCUT2D eigenvalue weighted by Gasteiger charge is -2.56. The number of rotatable bonds is 1. The Bertz CT molecular complexity index is 650. The molecule has 0 bridgehead atoms. The van der Waals surface area contributed by atoms with Crippen LogP contribution >= 0.6 is 0 Å². The summed E-state index contributed by atoms with van der Waals surface area (Å²) >= 11 is 0. The van der Waals surface area contributed by atoms with E-state index >= 15 is 0 Å². The topological polar surface area (TPSA) is 66.8 Å². The lowest BCUT2D eigenvalue weighted by Crippen LogP contribution is -2.51. The number of esters is 1. The summed E-state index contributed by atoms with van der Waals surface area (Å²) in [6, 6.07) is 0. The zero-order valence-electron chi connectivity index (χ0n) is 15.5. The molecule has 0 aromatic rings. The van der Waals surface area contributed by atoms with Crippen LogP contribution in [0.4, 0.5) is 0 Å². The fourth-order valence-corrected chi connectivity index (χ4v) is 6.28. The largest absolute Gasteiger partial charge is 0.458 e. The van der Waals surface area contributed by atoms with Crippen LogP contribution in [0.5, 0.6) is 0 Å². The predicted molar refractivity (Wildman–Crippen MR) is 94.6 cm³/mol. The Morgan fingerprint density at radius 1 is 1.24 bits per heavy atom. The van der Waals surface area contributed by atoms with Gasteiger partial charge in [0.1, 0.15) is 6.10 Å². The minimum atomic E-state index is -0.396. The first-order chi connectivity index (χ1) is 11.8. The molecule has 25 heavy (non-hydrogen) atoms. The molecular weight excluding hydrogens is 316 g/mol. The van der Waals surface area contributed by atoms with Crippen LogP contribution in [0.2, 0.25) is 0 Å². The summed E-state index contributed by atoms with van der Waals surface area (Å²) in [7, 11) is 0. The van der Waals surface area contributed by atoms with E-state index < -0.39 is 6.10 Å². The van der Waals surface area contributed by atoms with Gasteiger partial charge in [-0.15, -0.1) is 0 Å². The number of hydrogen-bond donors (Lipinski definition) is 2. The molecule has 138 valence electrons. The number of carbonyl (C=O) groups is 1. The third kappa shape index (κ3) is 2.44. The monoisotopic (exact) mass is 346 g/mol. The van der Waals surface area contributed by atoms with Crippen molar-refractivity contribution in [1.82, 2.24) is 0 Å². The zero-order valence-corrected chi connectivity index (χ0v) is 15.5. The van der Waals surface area contributed by atoms with E-state index in [4.69, 9.17) is 4.74 Å². The van der Waals surface area contributed by atoms with Crippen molar-refractivity contribution in [2.24, 2.45) is 22.7 Å². The van der Waals surface area contributed by atoms with Crippen LogP contribution in [0.1, 0.15) is 59.3 Å². The van der Waals surface area contributed by atoms with E-state index in [0.717, 1.165) is 38.5 Å². The SMILES string of the molecule is CC(=O)O[C@H]1CC2C[C@@H](O)C=C[C@]2(C)[C@H]2CC[C@@]3(C)C(=C12)CC[C@@H]3O. The molecule has 4 rings (SSSR count). The highest BCUT2D eigenvalue weighted by atomic mass is 16.5. The van der Waals surface area contributed by atoms with Gasteiger partial charge in [0.05, 0.1) is 12.2 Å². The normalized spacial score (nSPS) is 48.6. The fourth-order valence-electron chi connectivity index (χ4n) is 6.28. The van der Waals surface area contributed by atoms with E-state index in [2.05, 4.69) is 19.9 Å². The van der Waals surface area contributed by atoms with E-state index in [1.807, 2.05) is 6.08 Å². The van der Waals surface area contributed by atoms with Crippen molar-refractivity contribution in [2.45, 2.75) is 77.6 Å². The Balaban J connectivity index is 1.84. The third-order valence-electron chi connectivity index (χ3n) is 7.76. The van der Waals surface area contributed by atoms with Crippen molar-refractivity contribution in [2.75, 3.05) is 0 Å². The van der Waals surface area contributed by atoms with Crippen molar-refractivity contribution in [1.29, 1.82) is 0 Å². The summed E-state index contributed by atoms with van der Waals surface area (Å²) in [6.07, 6.45) is 8.52. The molecule has 2 saturated carbocycles. The van der Waals surface area contributed by atoms with E-state index in [0.29, 0.717) is 11.8 Å². The van der Waals surface area contributed by atoms with Gasteiger partial charge >= 0.3 is 5.97 Å². The van der Waals surface area contributed by atoms with Crippen LogP contribution in [0, 0.1) is 22.7 Å². The maximum atomic E-state index is 11.8. The average Bonchev–Trinajstić information content (AvgIpc) is 2.84. The standard InChI is InChI=1S/C21H30O4/c1-12(22)25-17-11-13-10-14(23)6-8-20(13,2)16-7-9-21(3)15(19(16)17)4-5-18(21)24/h6,8,13-14,16-18,23-24H,4-5,7,9-11H2,1-3H3/t13?,14-,16-,17-,18-,20-,21-/m0/s1. The first-order valence-corrected chi connectivity index (χ1v) is 9.72. The number of hydrogen-bond acceptors (Lipinski definition) is 4. The van der Waals surface area contributed by atoms with Crippen LogP contribution in [-0.4, -0.2) is 34.5 Å². The molecule has 0 aliphatic heterocycles. The molecule has 2 fully saturated rings. The molecule has 0 aromatic heterocycles. The molecule has 0 heterocycles. The number of aliphatic hydroxyl groups excluding tert-OH is 2. The van der Waals surface area contributed by atoms with Crippen LogP contribution in [0.15, 0.2) is 23.3 Å². The molecule has 0 saturated heterocycles. The number of ether oxygens (including phenoxy) is 1. The molecule has 0 radical (unpaired) electrons. The molecule has 4 aliphatic rings. The fraction of sp³-hybridized carbons (Fsp3) is 0.762. The van der Waals surface area contributed by atoms with Crippen LogP contribution in [-0.2, 0) is 9.53 Å².